The normalized spacial score (nSPS) is 30.9. The van der Waals surface area contributed by atoms with Gasteiger partial charge in [-0.25, -0.2) is 14.3 Å². The molecule has 5 rings (SSSR count). The number of hydrogen-bond donors (Lipinski definition) is 6. The average Bonchev–Trinajstić information content (AvgIpc) is 3.61. The number of rotatable bonds is 11. The van der Waals surface area contributed by atoms with Gasteiger partial charge in [0.05, 0.1) is 25.9 Å². The Labute approximate surface area is 273 Å². The molecular formula is C21H25N6NaO15P2. The summed E-state index contributed by atoms with van der Waals surface area (Å²) < 4.78 is 51.5. The van der Waals surface area contributed by atoms with Gasteiger partial charge in [0.1, 0.15) is 36.1 Å². The van der Waals surface area contributed by atoms with E-state index in [1.165, 1.54) is 24.5 Å². The first-order valence-electron chi connectivity index (χ1n) is 12.5. The first kappa shape index (κ1) is 35.8. The van der Waals surface area contributed by atoms with Crippen LogP contribution in [0.3, 0.4) is 0 Å². The van der Waals surface area contributed by atoms with E-state index in [0.29, 0.717) is 0 Å². The molecule has 0 radical (unpaired) electrons. The van der Waals surface area contributed by atoms with Gasteiger partial charge in [0.15, 0.2) is 35.9 Å². The van der Waals surface area contributed by atoms with Crippen LogP contribution in [0.5, 0.6) is 0 Å². The summed E-state index contributed by atoms with van der Waals surface area (Å²) in [6.07, 6.45) is -8.29. The predicted octanol–water partition coefficient (Wildman–Crippen LogP) is -7.56. The van der Waals surface area contributed by atoms with E-state index < -0.39 is 89.4 Å². The maximum absolute atomic E-state index is 12.5. The number of pyridine rings is 1. The molecule has 7 N–H and O–H groups in total. The predicted molar refractivity (Wildman–Crippen MR) is 133 cm³/mol. The summed E-state index contributed by atoms with van der Waals surface area (Å²) in [7, 11) is -11.6. The summed E-state index contributed by atoms with van der Waals surface area (Å²) in [5.74, 6) is -0.814. The Morgan fingerprint density at radius 2 is 1.87 bits per heavy atom. The number of carbonyl (C=O) groups excluding carboxylic acids is 1. The zero-order valence-electron chi connectivity index (χ0n) is 23.0. The van der Waals surface area contributed by atoms with Crippen LogP contribution in [0.1, 0.15) is 22.8 Å². The van der Waals surface area contributed by atoms with Crippen molar-refractivity contribution in [2.75, 3.05) is 13.2 Å². The number of ether oxygens (including phenoxy) is 2. The zero-order valence-corrected chi connectivity index (χ0v) is 26.8. The number of amides is 1. The van der Waals surface area contributed by atoms with E-state index >= 15 is 0 Å². The second-order valence-corrected chi connectivity index (χ2v) is 12.5. The van der Waals surface area contributed by atoms with Crippen LogP contribution in [0.2, 0.25) is 0 Å². The maximum atomic E-state index is 12.5. The number of carbonyl (C=O) groups is 1. The largest absolute Gasteiger partial charge is 1.00 e. The minimum absolute atomic E-state index is 0. The zero-order chi connectivity index (χ0) is 32.0. The van der Waals surface area contributed by atoms with Gasteiger partial charge in [0, 0.05) is 6.07 Å². The molecule has 0 bridgehead atoms. The maximum Gasteiger partial charge on any atom is 1.00 e. The number of primary amides is 1. The number of fused-ring (bicyclic) bond motifs is 1. The molecule has 21 nitrogen and oxygen atoms in total. The topological polar surface area (TPSA) is 318 Å². The van der Waals surface area contributed by atoms with Gasteiger partial charge in [-0.1, -0.05) is 0 Å². The summed E-state index contributed by atoms with van der Waals surface area (Å²) in [6.45, 7) is -1.92. The van der Waals surface area contributed by atoms with Gasteiger partial charge in [0.25, 0.3) is 33.3 Å². The molecule has 45 heavy (non-hydrogen) atoms. The van der Waals surface area contributed by atoms with Crippen molar-refractivity contribution >= 4 is 32.7 Å². The Morgan fingerprint density at radius 1 is 1.13 bits per heavy atom. The Hall–Kier alpha value is -2.01. The molecule has 24 heteroatoms. The number of phosphoric acid groups is 2. The smallest absolute Gasteiger partial charge is 0.756 e. The fourth-order valence-electron chi connectivity index (χ4n) is 4.66. The van der Waals surface area contributed by atoms with Crippen LogP contribution in [-0.2, 0) is 32.0 Å². The third kappa shape index (κ3) is 7.60. The van der Waals surface area contributed by atoms with Crippen LogP contribution in [0.15, 0.2) is 42.0 Å². The third-order valence-corrected chi connectivity index (χ3v) is 9.28. The number of aromatic nitrogens is 5. The monoisotopic (exact) mass is 686 g/mol. The molecule has 2 aliphatic rings. The van der Waals surface area contributed by atoms with Gasteiger partial charge >= 0.3 is 29.6 Å². The Balaban J connectivity index is 0.00000461. The number of imidazole rings is 1. The van der Waals surface area contributed by atoms with Gasteiger partial charge in [-0.3, -0.25) is 23.3 Å². The number of aliphatic hydroxyl groups is 4. The second kappa shape index (κ2) is 14.0. The van der Waals surface area contributed by atoms with Crippen molar-refractivity contribution in [1.82, 2.24) is 19.5 Å². The molecule has 2 aliphatic heterocycles. The van der Waals surface area contributed by atoms with Gasteiger partial charge < -0.3 is 59.5 Å². The SMILES string of the molecule is NC(=O)c1ccc[n+](C2OC(CO)C(OP(=O)([O-])OP(=O)([O-])OCC3OC(n4cnc5c(=O)[nH]cnc54)C(O)C3O)C2O)c1.[Na+]. The van der Waals surface area contributed by atoms with E-state index in [9.17, 15) is 48.9 Å². The Bertz CT molecular complexity index is 1690. The molecule has 0 aliphatic carbocycles. The van der Waals surface area contributed by atoms with E-state index in [1.807, 2.05) is 0 Å². The minimum atomic E-state index is -5.86. The summed E-state index contributed by atoms with van der Waals surface area (Å²) in [5, 5.41) is 41.2. The molecule has 1 amide bonds. The van der Waals surface area contributed by atoms with Crippen molar-refractivity contribution < 1.29 is 101 Å². The number of H-pyrrole nitrogens is 1. The number of aliphatic hydroxyl groups excluding tert-OH is 4. The van der Waals surface area contributed by atoms with Gasteiger partial charge in [-0.05, 0) is 6.07 Å². The van der Waals surface area contributed by atoms with Crippen LogP contribution in [-0.4, -0.2) is 95.7 Å². The fraction of sp³-hybridized carbons (Fsp3) is 0.476. The number of nitrogens with one attached hydrogen (secondary N) is 1. The van der Waals surface area contributed by atoms with Gasteiger partial charge in [-0.2, -0.15) is 4.57 Å². The van der Waals surface area contributed by atoms with Crippen LogP contribution in [0.25, 0.3) is 11.2 Å². The molecule has 0 spiro atoms. The van der Waals surface area contributed by atoms with Crippen molar-refractivity contribution in [2.24, 2.45) is 5.73 Å². The van der Waals surface area contributed by atoms with Crippen LogP contribution >= 0.6 is 15.6 Å². The van der Waals surface area contributed by atoms with Gasteiger partial charge in [-0.15, -0.1) is 0 Å². The summed E-state index contributed by atoms with van der Waals surface area (Å²) in [6, 6.07) is 2.74. The summed E-state index contributed by atoms with van der Waals surface area (Å²) in [4.78, 5) is 58.4. The molecule has 5 heterocycles. The molecule has 0 aromatic carbocycles. The van der Waals surface area contributed by atoms with Crippen LogP contribution in [0.4, 0.5) is 0 Å². The molecule has 0 saturated carbocycles. The molecule has 2 saturated heterocycles. The van der Waals surface area contributed by atoms with E-state index in [1.54, 1.807) is 0 Å². The van der Waals surface area contributed by atoms with Crippen molar-refractivity contribution in [3.05, 3.63) is 53.1 Å². The number of phosphoric ester groups is 2. The van der Waals surface area contributed by atoms with Crippen LogP contribution in [0, 0.1) is 0 Å². The third-order valence-electron chi connectivity index (χ3n) is 6.71. The van der Waals surface area contributed by atoms with Crippen molar-refractivity contribution in [2.45, 2.75) is 49.1 Å². The molecule has 10 unspecified atom stereocenters. The average molecular weight is 686 g/mol. The molecule has 240 valence electrons. The molecular weight excluding hydrogens is 661 g/mol. The Morgan fingerprint density at radius 3 is 2.56 bits per heavy atom. The molecule has 10 atom stereocenters. The second-order valence-electron chi connectivity index (χ2n) is 9.59. The number of nitrogens with two attached hydrogens (primary N) is 1. The van der Waals surface area contributed by atoms with E-state index in [2.05, 4.69) is 23.8 Å². The fourth-order valence-corrected chi connectivity index (χ4v) is 6.88. The summed E-state index contributed by atoms with van der Waals surface area (Å²) >= 11 is 0. The van der Waals surface area contributed by atoms with E-state index in [4.69, 9.17) is 19.7 Å². The van der Waals surface area contributed by atoms with Crippen molar-refractivity contribution in [1.29, 1.82) is 0 Å². The molecule has 3 aromatic heterocycles. The number of hydrogen-bond acceptors (Lipinski definition) is 17. The molecule has 2 fully saturated rings. The van der Waals surface area contributed by atoms with E-state index in [-0.39, 0.29) is 46.3 Å². The van der Waals surface area contributed by atoms with Crippen molar-refractivity contribution in [3.8, 4) is 0 Å². The first-order valence-corrected chi connectivity index (χ1v) is 15.5. The number of nitrogens with zero attached hydrogens (tertiary/aromatic N) is 4. The number of aromatic amines is 1. The molecule has 3 aromatic rings. The first-order chi connectivity index (χ1) is 20.7. The van der Waals surface area contributed by atoms with Crippen molar-refractivity contribution in [3.63, 3.8) is 0 Å². The van der Waals surface area contributed by atoms with Gasteiger partial charge in [0.2, 0.25) is 0 Å². The summed E-state index contributed by atoms with van der Waals surface area (Å²) in [5.41, 5.74) is 4.53. The Kier molecular flexibility index (Phi) is 11.1. The quantitative estimate of drug-likeness (QED) is 0.0620. The standard InChI is InChI=1S/C21H26N6O15P2.Na/c22-17(32)9-2-1-3-26(4-9)20-15(31)16(10(5-28)39-20)41-44(36,37)42-43(34,35)38-6-11-13(29)14(30)21(40-11)27-8-25-12-18(27)23-7-24-19(12)33;/h1-4,7-8,10-11,13-16,20-21,28-31H,5-6H2,(H4-,22,23,24,32,33,34,35,36,37);/q;+1/p-1. The van der Waals surface area contributed by atoms with Crippen LogP contribution < -0.4 is 55.2 Å². The van der Waals surface area contributed by atoms with E-state index in [0.717, 1.165) is 21.8 Å². The minimum Gasteiger partial charge on any atom is -0.756 e.